The molecule has 148 valence electrons. The molecule has 29 heavy (non-hydrogen) atoms. The molecule has 0 aliphatic rings. The molecule has 2 aromatic carbocycles. The predicted molar refractivity (Wildman–Crippen MR) is 119 cm³/mol. The van der Waals surface area contributed by atoms with E-state index in [1.54, 1.807) is 0 Å². The van der Waals surface area contributed by atoms with Gasteiger partial charge in [0.25, 0.3) is 5.65 Å². The number of aromatic nitrogens is 2. The van der Waals surface area contributed by atoms with Crippen molar-refractivity contribution in [3.63, 3.8) is 0 Å². The monoisotopic (exact) mass is 495 g/mol. The molecule has 0 spiro atoms. The summed E-state index contributed by atoms with van der Waals surface area (Å²) < 4.78 is 4.67. The Morgan fingerprint density at radius 1 is 0.828 bits per heavy atom. The molecule has 0 amide bonds. The number of rotatable bonds is 1. The fourth-order valence-corrected chi connectivity index (χ4v) is 4.09. The van der Waals surface area contributed by atoms with E-state index in [2.05, 4.69) is 115 Å². The smallest absolute Gasteiger partial charge is 0.292 e. The zero-order chi connectivity index (χ0) is 19.6. The zero-order valence-corrected chi connectivity index (χ0v) is 19.7. The molecule has 0 aliphatic carbocycles. The van der Waals surface area contributed by atoms with E-state index in [0.717, 1.165) is 0 Å². The molecule has 0 N–H and O–H groups in total. The number of fused-ring (bicyclic) bond motifs is 7. The van der Waals surface area contributed by atoms with Gasteiger partial charge in [-0.05, 0) is 59.5 Å². The number of pyridine rings is 2. The van der Waals surface area contributed by atoms with Gasteiger partial charge in [-0.2, -0.15) is 8.80 Å². The van der Waals surface area contributed by atoms with Crippen molar-refractivity contribution in [2.45, 2.75) is 26.2 Å². The molecule has 0 unspecified atom stereocenters. The van der Waals surface area contributed by atoms with Crippen LogP contribution in [0.4, 0.5) is 5.69 Å². The molecular formula is C25H26IN3. The van der Waals surface area contributed by atoms with E-state index < -0.39 is 0 Å². The van der Waals surface area contributed by atoms with Crippen molar-refractivity contribution in [2.24, 2.45) is 0 Å². The lowest BCUT2D eigenvalue weighted by molar-refractivity contribution is -0.479. The van der Waals surface area contributed by atoms with Crippen LogP contribution in [0.15, 0.2) is 66.9 Å². The molecule has 0 fully saturated rings. The van der Waals surface area contributed by atoms with E-state index in [1.807, 2.05) is 0 Å². The SMILES string of the molecule is CN(C)c1ccc2c(ccc3n4c(ccc5cc(C(C)(C)C)ccc54)c[n+]23)c1.[I-]. The Kier molecular flexibility index (Phi) is 4.73. The second kappa shape index (κ2) is 6.87. The van der Waals surface area contributed by atoms with Gasteiger partial charge in [0.1, 0.15) is 17.2 Å². The summed E-state index contributed by atoms with van der Waals surface area (Å²) in [6.45, 7) is 6.80. The molecule has 0 saturated heterocycles. The van der Waals surface area contributed by atoms with E-state index in [1.165, 1.54) is 44.2 Å². The van der Waals surface area contributed by atoms with Crippen molar-refractivity contribution >= 4 is 38.7 Å². The van der Waals surface area contributed by atoms with Crippen LogP contribution in [0.3, 0.4) is 0 Å². The molecule has 0 saturated carbocycles. The van der Waals surface area contributed by atoms with Crippen LogP contribution >= 0.6 is 0 Å². The number of nitrogens with zero attached hydrogens (tertiary/aromatic N) is 3. The maximum atomic E-state index is 2.36. The van der Waals surface area contributed by atoms with Gasteiger partial charge >= 0.3 is 0 Å². The van der Waals surface area contributed by atoms with Gasteiger partial charge in [0.05, 0.1) is 0 Å². The molecule has 4 heteroatoms. The van der Waals surface area contributed by atoms with Gasteiger partial charge in [-0.3, -0.25) is 0 Å². The average Bonchev–Trinajstić information content (AvgIpc) is 3.05. The standard InChI is InChI=1S/C25H26N3.HI/c1-25(2,3)19-8-11-23-17(14-19)6-9-21-16-27-22-12-10-20(26(4)5)15-18(22)7-13-24(27)28(21)23;/h6-16H,1-5H3;1H/q+1;/p-1. The normalized spacial score (nSPS) is 12.0. The van der Waals surface area contributed by atoms with E-state index in [0.29, 0.717) is 0 Å². The van der Waals surface area contributed by atoms with E-state index in [4.69, 9.17) is 0 Å². The molecule has 0 aliphatic heterocycles. The minimum Gasteiger partial charge on any atom is -1.00 e. The first-order valence-corrected chi connectivity index (χ1v) is 9.83. The number of hydrogen-bond donors (Lipinski definition) is 0. The Morgan fingerprint density at radius 2 is 1.59 bits per heavy atom. The summed E-state index contributed by atoms with van der Waals surface area (Å²) in [7, 11) is 4.16. The summed E-state index contributed by atoms with van der Waals surface area (Å²) in [5, 5.41) is 2.53. The van der Waals surface area contributed by atoms with Crippen LogP contribution in [-0.4, -0.2) is 18.5 Å². The van der Waals surface area contributed by atoms with Gasteiger partial charge < -0.3 is 28.9 Å². The van der Waals surface area contributed by atoms with Crippen molar-refractivity contribution < 1.29 is 28.4 Å². The van der Waals surface area contributed by atoms with E-state index in [9.17, 15) is 0 Å². The molecule has 3 aromatic heterocycles. The number of benzene rings is 2. The number of anilines is 1. The molecule has 3 heterocycles. The Labute approximate surface area is 188 Å². The van der Waals surface area contributed by atoms with Gasteiger partial charge in [-0.15, -0.1) is 0 Å². The van der Waals surface area contributed by atoms with Gasteiger partial charge in [-0.25, -0.2) is 0 Å². The summed E-state index contributed by atoms with van der Waals surface area (Å²) >= 11 is 0. The molecule has 5 rings (SSSR count). The lowest BCUT2D eigenvalue weighted by Crippen LogP contribution is -3.00. The molecule has 3 nitrogen and oxygen atoms in total. The fourth-order valence-electron chi connectivity index (χ4n) is 4.09. The minimum atomic E-state index is 0. The van der Waals surface area contributed by atoms with Crippen molar-refractivity contribution in [1.82, 2.24) is 4.40 Å². The van der Waals surface area contributed by atoms with Crippen LogP contribution in [0.1, 0.15) is 26.3 Å². The van der Waals surface area contributed by atoms with Gasteiger partial charge in [0.2, 0.25) is 0 Å². The van der Waals surface area contributed by atoms with E-state index in [-0.39, 0.29) is 29.4 Å². The molecule has 0 atom stereocenters. The first-order chi connectivity index (χ1) is 13.3. The Hall–Kier alpha value is -2.34. The fraction of sp³-hybridized carbons (Fsp3) is 0.240. The highest BCUT2D eigenvalue weighted by Gasteiger charge is 2.19. The highest BCUT2D eigenvalue weighted by atomic mass is 127. The number of hydrogen-bond acceptors (Lipinski definition) is 1. The highest BCUT2D eigenvalue weighted by molar-refractivity contribution is 5.87. The lowest BCUT2D eigenvalue weighted by Gasteiger charge is -2.19. The highest BCUT2D eigenvalue weighted by Crippen LogP contribution is 2.28. The summed E-state index contributed by atoms with van der Waals surface area (Å²) in [6, 6.07) is 22.4. The van der Waals surface area contributed by atoms with Crippen molar-refractivity contribution in [2.75, 3.05) is 19.0 Å². The van der Waals surface area contributed by atoms with Gasteiger partial charge in [-0.1, -0.05) is 26.8 Å². The zero-order valence-electron chi connectivity index (χ0n) is 17.6. The van der Waals surface area contributed by atoms with Crippen LogP contribution in [-0.2, 0) is 5.41 Å². The Balaban J connectivity index is 0.00000205. The topological polar surface area (TPSA) is 11.8 Å². The number of imidazole rings is 1. The third-order valence-electron chi connectivity index (χ3n) is 5.76. The average molecular weight is 495 g/mol. The first kappa shape index (κ1) is 20.0. The lowest BCUT2D eigenvalue weighted by atomic mass is 9.86. The van der Waals surface area contributed by atoms with E-state index >= 15 is 0 Å². The van der Waals surface area contributed by atoms with Crippen LogP contribution < -0.4 is 33.3 Å². The maximum Gasteiger partial charge on any atom is 0.292 e. The minimum absolute atomic E-state index is 0. The maximum absolute atomic E-state index is 2.36. The second-order valence-electron chi connectivity index (χ2n) is 8.95. The Morgan fingerprint density at radius 3 is 2.31 bits per heavy atom. The van der Waals surface area contributed by atoms with Crippen molar-refractivity contribution in [3.8, 4) is 0 Å². The molecule has 0 radical (unpaired) electrons. The first-order valence-electron chi connectivity index (χ1n) is 9.83. The second-order valence-corrected chi connectivity index (χ2v) is 8.95. The summed E-state index contributed by atoms with van der Waals surface area (Å²) in [5.41, 5.74) is 7.61. The summed E-state index contributed by atoms with van der Waals surface area (Å²) in [5.74, 6) is 0. The predicted octanol–water partition coefficient (Wildman–Crippen LogP) is 2.35. The van der Waals surface area contributed by atoms with Crippen LogP contribution in [0.5, 0.6) is 0 Å². The van der Waals surface area contributed by atoms with Crippen molar-refractivity contribution in [1.29, 1.82) is 0 Å². The van der Waals surface area contributed by atoms with Crippen LogP contribution in [0, 0.1) is 0 Å². The largest absolute Gasteiger partial charge is 1.00 e. The Bertz CT molecular complexity index is 1370. The molecule has 0 bridgehead atoms. The number of halogens is 1. The summed E-state index contributed by atoms with van der Waals surface area (Å²) in [4.78, 5) is 2.14. The third-order valence-corrected chi connectivity index (χ3v) is 5.76. The van der Waals surface area contributed by atoms with Gasteiger partial charge in [0, 0.05) is 36.6 Å². The quantitative estimate of drug-likeness (QED) is 0.257. The van der Waals surface area contributed by atoms with Crippen LogP contribution in [0.2, 0.25) is 0 Å². The van der Waals surface area contributed by atoms with Gasteiger partial charge in [0.15, 0.2) is 5.52 Å². The summed E-state index contributed by atoms with van der Waals surface area (Å²) in [6.07, 6.45) is 2.24. The van der Waals surface area contributed by atoms with Crippen molar-refractivity contribution in [3.05, 3.63) is 72.4 Å². The van der Waals surface area contributed by atoms with Crippen LogP contribution in [0.25, 0.3) is 33.0 Å². The molecular weight excluding hydrogens is 469 g/mol. The molecule has 5 aromatic rings. The third kappa shape index (κ3) is 3.14.